The molecule has 0 atom stereocenters. The number of aromatic nitrogens is 4. The van der Waals surface area contributed by atoms with Crippen LogP contribution in [0.1, 0.15) is 29.0 Å². The highest BCUT2D eigenvalue weighted by molar-refractivity contribution is 5.92. The Balaban J connectivity index is 1.46. The smallest absolute Gasteiger partial charge is 0.292 e. The van der Waals surface area contributed by atoms with Crippen molar-refractivity contribution in [3.05, 3.63) is 54.1 Å². The summed E-state index contributed by atoms with van der Waals surface area (Å²) in [4.78, 5) is 17.8. The van der Waals surface area contributed by atoms with E-state index in [2.05, 4.69) is 15.2 Å². The van der Waals surface area contributed by atoms with E-state index < -0.39 is 11.5 Å². The van der Waals surface area contributed by atoms with Crippen molar-refractivity contribution in [1.82, 2.24) is 24.8 Å². The predicted molar refractivity (Wildman–Crippen MR) is 91.9 cm³/mol. The van der Waals surface area contributed by atoms with Crippen LogP contribution in [-0.2, 0) is 12.6 Å². The molecular weight excluding hydrogens is 353 g/mol. The number of carbonyl (C=O) groups is 1. The third-order valence-electron chi connectivity index (χ3n) is 4.86. The normalized spacial score (nSPS) is 16.5. The van der Waals surface area contributed by atoms with Crippen LogP contribution in [-0.4, -0.2) is 48.9 Å². The van der Waals surface area contributed by atoms with E-state index in [4.69, 9.17) is 4.52 Å². The fraction of sp³-hybridized carbons (Fsp3) is 0.333. The van der Waals surface area contributed by atoms with Crippen LogP contribution in [0.4, 0.5) is 4.39 Å². The highest BCUT2D eigenvalue weighted by Gasteiger charge is 2.38. The van der Waals surface area contributed by atoms with Crippen molar-refractivity contribution in [2.75, 3.05) is 13.1 Å². The van der Waals surface area contributed by atoms with Crippen molar-refractivity contribution >= 4 is 5.91 Å². The van der Waals surface area contributed by atoms with Gasteiger partial charge >= 0.3 is 0 Å². The Morgan fingerprint density at radius 2 is 2.15 bits per heavy atom. The van der Waals surface area contributed by atoms with Gasteiger partial charge in [-0.25, -0.2) is 4.98 Å². The minimum atomic E-state index is -1.34. The van der Waals surface area contributed by atoms with E-state index in [9.17, 15) is 14.3 Å². The summed E-state index contributed by atoms with van der Waals surface area (Å²) < 4.78 is 20.7. The zero-order chi connectivity index (χ0) is 19.0. The number of aryl methyl sites for hydroxylation is 1. The molecule has 0 spiro atoms. The van der Waals surface area contributed by atoms with Crippen molar-refractivity contribution in [3.63, 3.8) is 0 Å². The van der Waals surface area contributed by atoms with E-state index in [-0.39, 0.29) is 43.2 Å². The Labute approximate surface area is 154 Å². The Kier molecular flexibility index (Phi) is 4.23. The molecule has 1 aliphatic heterocycles. The second kappa shape index (κ2) is 6.58. The van der Waals surface area contributed by atoms with Crippen LogP contribution in [0.5, 0.6) is 0 Å². The van der Waals surface area contributed by atoms with Crippen LogP contribution >= 0.6 is 0 Å². The average Bonchev–Trinajstić information content (AvgIpc) is 3.31. The summed E-state index contributed by atoms with van der Waals surface area (Å²) in [7, 11) is 1.79. The maximum absolute atomic E-state index is 13.9. The molecule has 4 heterocycles. The first-order valence-corrected chi connectivity index (χ1v) is 8.55. The van der Waals surface area contributed by atoms with Crippen LogP contribution in [0, 0.1) is 5.95 Å². The third-order valence-corrected chi connectivity index (χ3v) is 4.86. The van der Waals surface area contributed by atoms with E-state index in [0.29, 0.717) is 5.69 Å². The molecular formula is C18H18FN5O3. The summed E-state index contributed by atoms with van der Waals surface area (Å²) in [5, 5.41) is 18.8. The first-order valence-electron chi connectivity index (χ1n) is 8.55. The first-order chi connectivity index (χ1) is 13.0. The lowest BCUT2D eigenvalue weighted by Gasteiger charge is -2.37. The molecule has 1 fully saturated rings. The average molecular weight is 371 g/mol. The van der Waals surface area contributed by atoms with Gasteiger partial charge in [-0.2, -0.15) is 9.49 Å². The summed E-state index contributed by atoms with van der Waals surface area (Å²) in [5.41, 5.74) is 0.102. The molecule has 3 aromatic rings. The molecule has 0 saturated carbocycles. The lowest BCUT2D eigenvalue weighted by atomic mass is 9.85. The van der Waals surface area contributed by atoms with Gasteiger partial charge in [0.2, 0.25) is 11.7 Å². The van der Waals surface area contributed by atoms with Crippen LogP contribution < -0.4 is 0 Å². The first kappa shape index (κ1) is 17.3. The van der Waals surface area contributed by atoms with Gasteiger partial charge in [0.25, 0.3) is 5.91 Å². The van der Waals surface area contributed by atoms with Crippen LogP contribution in [0.3, 0.4) is 0 Å². The van der Waals surface area contributed by atoms with Gasteiger partial charge in [-0.05, 0) is 18.9 Å². The second-order valence-corrected chi connectivity index (χ2v) is 6.64. The van der Waals surface area contributed by atoms with Gasteiger partial charge in [-0.1, -0.05) is 11.2 Å². The van der Waals surface area contributed by atoms with Gasteiger partial charge < -0.3 is 14.5 Å². The number of pyridine rings is 1. The Hall–Kier alpha value is -3.07. The molecule has 4 rings (SSSR count). The van der Waals surface area contributed by atoms with Crippen molar-refractivity contribution in [3.8, 4) is 11.3 Å². The lowest BCUT2D eigenvalue weighted by molar-refractivity contribution is -0.0248. The zero-order valence-electron chi connectivity index (χ0n) is 14.7. The Bertz CT molecular complexity index is 975. The molecule has 8 nitrogen and oxygen atoms in total. The number of amides is 1. The molecule has 0 bridgehead atoms. The summed E-state index contributed by atoms with van der Waals surface area (Å²) in [6.45, 7) is 0.541. The highest BCUT2D eigenvalue weighted by Crippen LogP contribution is 2.34. The lowest BCUT2D eigenvalue weighted by Crippen LogP contribution is -2.45. The molecule has 0 radical (unpaired) electrons. The number of piperidine rings is 1. The molecule has 0 unspecified atom stereocenters. The Morgan fingerprint density at radius 3 is 2.81 bits per heavy atom. The largest absolute Gasteiger partial charge is 0.385 e. The quantitative estimate of drug-likeness (QED) is 0.705. The topological polar surface area (TPSA) is 97.3 Å². The van der Waals surface area contributed by atoms with Gasteiger partial charge in [-0.15, -0.1) is 0 Å². The van der Waals surface area contributed by atoms with Crippen molar-refractivity contribution in [2.24, 2.45) is 7.05 Å². The van der Waals surface area contributed by atoms with Crippen LogP contribution in [0.2, 0.25) is 0 Å². The molecule has 0 aliphatic carbocycles. The standard InChI is InChI=1S/C18H18FN5O3/c1-23-11-12(10-21-23)14-9-15(27-22-14)17(25)24-7-4-18(26,5-8-24)13-3-2-6-20-16(13)19/h2-3,6,9-11,26H,4-5,7-8H2,1H3. The monoisotopic (exact) mass is 371 g/mol. The molecule has 1 N–H and O–H groups in total. The van der Waals surface area contributed by atoms with Gasteiger partial charge in [0.15, 0.2) is 0 Å². The van der Waals surface area contributed by atoms with Gasteiger partial charge in [0, 0.05) is 49.7 Å². The summed E-state index contributed by atoms with van der Waals surface area (Å²) in [6, 6.07) is 4.68. The molecule has 0 aromatic carbocycles. The molecule has 1 amide bonds. The predicted octanol–water partition coefficient (Wildman–Crippen LogP) is 1.73. The van der Waals surface area contributed by atoms with Crippen LogP contribution in [0.25, 0.3) is 11.3 Å². The third kappa shape index (κ3) is 3.21. The van der Waals surface area contributed by atoms with E-state index in [0.717, 1.165) is 5.56 Å². The van der Waals surface area contributed by atoms with Crippen LogP contribution in [0.15, 0.2) is 41.3 Å². The maximum atomic E-state index is 13.9. The highest BCUT2D eigenvalue weighted by atomic mass is 19.1. The second-order valence-electron chi connectivity index (χ2n) is 6.64. The molecule has 140 valence electrons. The number of hydrogen-bond acceptors (Lipinski definition) is 6. The van der Waals surface area contributed by atoms with E-state index in [1.807, 2.05) is 0 Å². The summed E-state index contributed by atoms with van der Waals surface area (Å²) in [5.74, 6) is -0.880. The number of aliphatic hydroxyl groups is 1. The molecule has 1 aliphatic rings. The molecule has 3 aromatic heterocycles. The number of carbonyl (C=O) groups excluding carboxylic acids is 1. The van der Waals surface area contributed by atoms with E-state index in [1.54, 1.807) is 41.2 Å². The number of nitrogens with zero attached hydrogens (tertiary/aromatic N) is 5. The van der Waals surface area contributed by atoms with Gasteiger partial charge in [0.1, 0.15) is 5.69 Å². The van der Waals surface area contributed by atoms with Crippen molar-refractivity contribution in [1.29, 1.82) is 0 Å². The molecule has 1 saturated heterocycles. The summed E-state index contributed by atoms with van der Waals surface area (Å²) >= 11 is 0. The fourth-order valence-corrected chi connectivity index (χ4v) is 3.30. The summed E-state index contributed by atoms with van der Waals surface area (Å²) in [6.07, 6.45) is 5.17. The molecule has 27 heavy (non-hydrogen) atoms. The van der Waals surface area contributed by atoms with E-state index in [1.165, 1.54) is 12.3 Å². The van der Waals surface area contributed by atoms with E-state index >= 15 is 0 Å². The Morgan fingerprint density at radius 1 is 1.37 bits per heavy atom. The zero-order valence-corrected chi connectivity index (χ0v) is 14.7. The van der Waals surface area contributed by atoms with Crippen molar-refractivity contribution < 1.29 is 18.8 Å². The SMILES string of the molecule is Cn1cc(-c2cc(C(=O)N3CCC(O)(c4cccnc4F)CC3)on2)cn1. The minimum absolute atomic E-state index is 0.117. The molecule has 9 heteroatoms. The van der Waals surface area contributed by atoms with Gasteiger partial charge in [0.05, 0.1) is 11.8 Å². The number of hydrogen-bond donors (Lipinski definition) is 1. The number of rotatable bonds is 3. The van der Waals surface area contributed by atoms with Gasteiger partial charge in [-0.3, -0.25) is 9.48 Å². The minimum Gasteiger partial charge on any atom is -0.385 e. The number of halogens is 1. The number of likely N-dealkylation sites (tertiary alicyclic amines) is 1. The van der Waals surface area contributed by atoms with Crippen molar-refractivity contribution in [2.45, 2.75) is 18.4 Å². The maximum Gasteiger partial charge on any atom is 0.292 e. The fourth-order valence-electron chi connectivity index (χ4n) is 3.30.